The quantitative estimate of drug-likeness (QED) is 0.819. The highest BCUT2D eigenvalue weighted by molar-refractivity contribution is 7.99. The molecule has 0 aliphatic carbocycles. The summed E-state index contributed by atoms with van der Waals surface area (Å²) in [5.74, 6) is 0.0415. The number of rotatable bonds is 5. The lowest BCUT2D eigenvalue weighted by Crippen LogP contribution is -2.31. The summed E-state index contributed by atoms with van der Waals surface area (Å²) in [5.41, 5.74) is -0.855. The second-order valence-corrected chi connectivity index (χ2v) is 5.42. The Balaban J connectivity index is 2.93. The van der Waals surface area contributed by atoms with Gasteiger partial charge in [-0.3, -0.25) is 0 Å². The van der Waals surface area contributed by atoms with Crippen molar-refractivity contribution in [3.63, 3.8) is 0 Å². The summed E-state index contributed by atoms with van der Waals surface area (Å²) >= 11 is 7.00. The number of aliphatic hydroxyl groups is 1. The molecular formula is C11H14ClF3N2OS. The van der Waals surface area contributed by atoms with Crippen LogP contribution in [0.4, 0.5) is 19.0 Å². The highest BCUT2D eigenvalue weighted by Crippen LogP contribution is 2.32. The Morgan fingerprint density at radius 2 is 2.11 bits per heavy atom. The summed E-state index contributed by atoms with van der Waals surface area (Å²) < 4.78 is 37.9. The fraction of sp³-hybridized carbons (Fsp3) is 0.545. The van der Waals surface area contributed by atoms with Crippen LogP contribution < -0.4 is 5.32 Å². The van der Waals surface area contributed by atoms with Crippen LogP contribution in [0.1, 0.15) is 12.5 Å². The fourth-order valence-electron chi connectivity index (χ4n) is 1.50. The molecule has 1 aromatic heterocycles. The minimum Gasteiger partial charge on any atom is -0.395 e. The lowest BCUT2D eigenvalue weighted by molar-refractivity contribution is -0.137. The summed E-state index contributed by atoms with van der Waals surface area (Å²) in [6, 6.07) is 1.43. The van der Waals surface area contributed by atoms with E-state index in [0.29, 0.717) is 0 Å². The topological polar surface area (TPSA) is 45.1 Å². The van der Waals surface area contributed by atoms with Crippen molar-refractivity contribution in [1.29, 1.82) is 0 Å². The second-order valence-electron chi connectivity index (χ2n) is 3.95. The highest BCUT2D eigenvalue weighted by Gasteiger charge is 2.31. The second kappa shape index (κ2) is 6.67. The lowest BCUT2D eigenvalue weighted by atomic mass is 10.2. The molecule has 8 heteroatoms. The van der Waals surface area contributed by atoms with Crippen molar-refractivity contribution in [2.75, 3.05) is 18.2 Å². The molecule has 0 aromatic carbocycles. The van der Waals surface area contributed by atoms with Gasteiger partial charge in [0.25, 0.3) is 0 Å². The summed E-state index contributed by atoms with van der Waals surface area (Å²) in [6.07, 6.45) is -2.66. The third kappa shape index (κ3) is 4.74. The molecule has 0 amide bonds. The lowest BCUT2D eigenvalue weighted by Gasteiger charge is -2.22. The van der Waals surface area contributed by atoms with Gasteiger partial charge in [-0.25, -0.2) is 4.98 Å². The van der Waals surface area contributed by atoms with Crippen LogP contribution in [0.25, 0.3) is 0 Å². The number of nitrogens with zero attached hydrogens (tertiary/aromatic N) is 1. The molecule has 0 aliphatic heterocycles. The van der Waals surface area contributed by atoms with Gasteiger partial charge < -0.3 is 10.4 Å². The van der Waals surface area contributed by atoms with E-state index in [9.17, 15) is 13.2 Å². The molecule has 0 aliphatic rings. The van der Waals surface area contributed by atoms with Crippen LogP contribution >= 0.6 is 23.4 Å². The van der Waals surface area contributed by atoms with E-state index in [2.05, 4.69) is 10.3 Å². The smallest absolute Gasteiger partial charge is 0.395 e. The van der Waals surface area contributed by atoms with E-state index in [4.69, 9.17) is 16.7 Å². The number of aromatic nitrogens is 1. The Kier molecular flexibility index (Phi) is 5.76. The minimum atomic E-state index is -4.47. The van der Waals surface area contributed by atoms with Gasteiger partial charge in [-0.1, -0.05) is 11.6 Å². The Morgan fingerprint density at radius 3 is 2.58 bits per heavy atom. The van der Waals surface area contributed by atoms with Crippen LogP contribution in [-0.2, 0) is 6.18 Å². The zero-order valence-corrected chi connectivity index (χ0v) is 11.9. The van der Waals surface area contributed by atoms with Crippen LogP contribution in [0, 0.1) is 0 Å². The number of hydrogen-bond acceptors (Lipinski definition) is 4. The van der Waals surface area contributed by atoms with Crippen molar-refractivity contribution < 1.29 is 18.3 Å². The number of hydrogen-bond donors (Lipinski definition) is 2. The number of anilines is 1. The first kappa shape index (κ1) is 16.4. The van der Waals surface area contributed by atoms with Gasteiger partial charge in [-0.05, 0) is 25.3 Å². The third-order valence-electron chi connectivity index (χ3n) is 2.54. The van der Waals surface area contributed by atoms with Gasteiger partial charge in [0.15, 0.2) is 0 Å². The minimum absolute atomic E-state index is 0.0415. The van der Waals surface area contributed by atoms with Crippen molar-refractivity contribution >= 4 is 29.2 Å². The van der Waals surface area contributed by atoms with Gasteiger partial charge in [0.2, 0.25) is 0 Å². The van der Waals surface area contributed by atoms with Gasteiger partial charge in [0.1, 0.15) is 11.0 Å². The predicted molar refractivity (Wildman–Crippen MR) is 71.7 cm³/mol. The normalized spacial score (nSPS) is 15.1. The molecule has 0 radical (unpaired) electrons. The van der Waals surface area contributed by atoms with Crippen LogP contribution in [0.15, 0.2) is 12.1 Å². The van der Waals surface area contributed by atoms with Crippen LogP contribution in [-0.4, -0.2) is 34.2 Å². The Labute approximate surface area is 118 Å². The molecule has 0 spiro atoms. The zero-order valence-electron chi connectivity index (χ0n) is 10.3. The average Bonchev–Trinajstić information content (AvgIpc) is 2.28. The largest absolute Gasteiger partial charge is 0.416 e. The first-order valence-corrected chi connectivity index (χ1v) is 7.09. The Bertz CT molecular complexity index is 427. The summed E-state index contributed by atoms with van der Waals surface area (Å²) in [7, 11) is 0. The first-order valence-electron chi connectivity index (χ1n) is 5.43. The monoisotopic (exact) mass is 314 g/mol. The van der Waals surface area contributed by atoms with Crippen molar-refractivity contribution in [3.8, 4) is 0 Å². The van der Waals surface area contributed by atoms with E-state index in [0.717, 1.165) is 12.1 Å². The van der Waals surface area contributed by atoms with E-state index in [1.54, 1.807) is 6.92 Å². The molecule has 1 rings (SSSR count). The van der Waals surface area contributed by atoms with Crippen molar-refractivity contribution in [2.45, 2.75) is 24.4 Å². The van der Waals surface area contributed by atoms with Gasteiger partial charge in [0.05, 0.1) is 12.2 Å². The molecule has 1 aromatic rings. The third-order valence-corrected chi connectivity index (χ3v) is 3.89. The van der Waals surface area contributed by atoms with Crippen LogP contribution in [0.2, 0.25) is 5.15 Å². The van der Waals surface area contributed by atoms with Crippen molar-refractivity contribution in [2.24, 2.45) is 0 Å². The molecular weight excluding hydrogens is 301 g/mol. The van der Waals surface area contributed by atoms with Gasteiger partial charge in [-0.15, -0.1) is 0 Å². The van der Waals surface area contributed by atoms with Gasteiger partial charge >= 0.3 is 6.18 Å². The standard InChI is InChI=1S/C11H14ClF3N2OS/c1-6(8(5-18)19-2)16-10-4-7(11(13,14)15)3-9(12)17-10/h3-4,6,8,18H,5H2,1-2H3,(H,16,17). The Hall–Kier alpha value is -0.660. The summed E-state index contributed by atoms with van der Waals surface area (Å²) in [4.78, 5) is 3.80. The van der Waals surface area contributed by atoms with Crippen molar-refractivity contribution in [3.05, 3.63) is 22.8 Å². The molecule has 2 atom stereocenters. The van der Waals surface area contributed by atoms with Gasteiger partial charge in [0, 0.05) is 11.3 Å². The maximum Gasteiger partial charge on any atom is 0.416 e. The molecule has 0 bridgehead atoms. The fourth-order valence-corrected chi connectivity index (χ4v) is 2.33. The average molecular weight is 315 g/mol. The number of alkyl halides is 3. The van der Waals surface area contributed by atoms with Crippen LogP contribution in [0.5, 0.6) is 0 Å². The van der Waals surface area contributed by atoms with Crippen LogP contribution in [0.3, 0.4) is 0 Å². The van der Waals surface area contributed by atoms with E-state index < -0.39 is 11.7 Å². The molecule has 2 N–H and O–H groups in total. The molecule has 0 saturated carbocycles. The number of thioether (sulfide) groups is 1. The molecule has 0 saturated heterocycles. The molecule has 1 heterocycles. The molecule has 2 unspecified atom stereocenters. The highest BCUT2D eigenvalue weighted by atomic mass is 35.5. The molecule has 3 nitrogen and oxygen atoms in total. The molecule has 0 fully saturated rings. The molecule has 19 heavy (non-hydrogen) atoms. The van der Waals surface area contributed by atoms with E-state index in [-0.39, 0.29) is 28.9 Å². The number of pyridine rings is 1. The summed E-state index contributed by atoms with van der Waals surface area (Å²) in [6.45, 7) is 1.68. The summed E-state index contributed by atoms with van der Waals surface area (Å²) in [5, 5.41) is 11.6. The zero-order chi connectivity index (χ0) is 14.6. The van der Waals surface area contributed by atoms with Crippen molar-refractivity contribution in [1.82, 2.24) is 4.98 Å². The van der Waals surface area contributed by atoms with E-state index in [1.165, 1.54) is 11.8 Å². The number of aliphatic hydroxyl groups excluding tert-OH is 1. The molecule has 108 valence electrons. The number of halogens is 4. The maximum absolute atomic E-state index is 12.6. The Morgan fingerprint density at radius 1 is 1.47 bits per heavy atom. The van der Waals surface area contributed by atoms with E-state index >= 15 is 0 Å². The predicted octanol–water partition coefficient (Wildman–Crippen LogP) is 3.28. The van der Waals surface area contributed by atoms with Gasteiger partial charge in [-0.2, -0.15) is 24.9 Å². The maximum atomic E-state index is 12.6. The number of nitrogens with one attached hydrogen (secondary N) is 1. The van der Waals surface area contributed by atoms with E-state index in [1.807, 2.05) is 6.26 Å². The SMILES string of the molecule is CSC(CO)C(C)Nc1cc(C(F)(F)F)cc(Cl)n1. The first-order chi connectivity index (χ1) is 8.77.